The van der Waals surface area contributed by atoms with E-state index in [4.69, 9.17) is 0 Å². The van der Waals surface area contributed by atoms with Gasteiger partial charge in [0, 0.05) is 28.2 Å². The Bertz CT molecular complexity index is 789. The number of aromatic nitrogens is 1. The second-order valence-corrected chi connectivity index (χ2v) is 5.81. The molecule has 3 aromatic rings. The molecular formula is C20H21N. The molecule has 2 aromatic carbocycles. The molecule has 0 aliphatic heterocycles. The smallest absolute Gasteiger partial charge is 0.0494 e. The highest BCUT2D eigenvalue weighted by Gasteiger charge is 2.17. The van der Waals surface area contributed by atoms with Crippen molar-refractivity contribution < 1.29 is 0 Å². The molecule has 3 rings (SSSR count). The molecule has 0 aliphatic rings. The highest BCUT2D eigenvalue weighted by Crippen LogP contribution is 2.37. The van der Waals surface area contributed by atoms with Crippen LogP contribution in [0, 0.1) is 6.92 Å². The van der Waals surface area contributed by atoms with Crippen molar-refractivity contribution in [2.24, 2.45) is 0 Å². The van der Waals surface area contributed by atoms with Gasteiger partial charge in [-0.3, -0.25) is 0 Å². The second kappa shape index (κ2) is 5.25. The molecule has 0 amide bonds. The molecule has 1 nitrogen and oxygen atoms in total. The fraction of sp³-hybridized carbons (Fsp3) is 0.200. The van der Waals surface area contributed by atoms with Crippen LogP contribution in [0.1, 0.15) is 31.1 Å². The largest absolute Gasteiger partial charge is 0.338 e. The molecule has 0 fully saturated rings. The molecule has 0 N–H and O–H groups in total. The van der Waals surface area contributed by atoms with Crippen LogP contribution in [-0.2, 0) is 0 Å². The van der Waals surface area contributed by atoms with Crippen LogP contribution < -0.4 is 0 Å². The van der Waals surface area contributed by atoms with Crippen molar-refractivity contribution in [2.75, 3.05) is 0 Å². The fourth-order valence-electron chi connectivity index (χ4n) is 3.06. The van der Waals surface area contributed by atoms with Crippen molar-refractivity contribution in [1.29, 1.82) is 0 Å². The summed E-state index contributed by atoms with van der Waals surface area (Å²) < 4.78 is 2.37. The Labute approximate surface area is 126 Å². The van der Waals surface area contributed by atoms with Gasteiger partial charge in [0.2, 0.25) is 0 Å². The quantitative estimate of drug-likeness (QED) is 0.566. The maximum atomic E-state index is 4.05. The minimum atomic E-state index is 0.405. The summed E-state index contributed by atoms with van der Waals surface area (Å²) in [4.78, 5) is 0. The van der Waals surface area contributed by atoms with E-state index in [1.165, 1.54) is 33.3 Å². The first-order valence-corrected chi connectivity index (χ1v) is 7.46. The summed E-state index contributed by atoms with van der Waals surface area (Å²) >= 11 is 0. The van der Waals surface area contributed by atoms with Gasteiger partial charge in [0.25, 0.3) is 0 Å². The molecule has 0 bridgehead atoms. The standard InChI is InChI=1S/C20H21N/c1-5-18-20(16-12-10-15(4)11-13-16)17-8-6-7-9-19(17)21(18)14(2)3/h5-14H,1H2,2-4H3. The van der Waals surface area contributed by atoms with Crippen LogP contribution in [0.15, 0.2) is 55.1 Å². The number of benzene rings is 2. The van der Waals surface area contributed by atoms with E-state index in [-0.39, 0.29) is 0 Å². The molecule has 1 heterocycles. The fourth-order valence-corrected chi connectivity index (χ4v) is 3.06. The van der Waals surface area contributed by atoms with Crippen molar-refractivity contribution in [3.8, 4) is 11.1 Å². The van der Waals surface area contributed by atoms with Crippen LogP contribution in [0.5, 0.6) is 0 Å². The number of aryl methyl sites for hydroxylation is 1. The summed E-state index contributed by atoms with van der Waals surface area (Å²) in [5, 5.41) is 1.30. The molecule has 106 valence electrons. The summed E-state index contributed by atoms with van der Waals surface area (Å²) in [6, 6.07) is 17.8. The normalized spacial score (nSPS) is 11.2. The SMILES string of the molecule is C=Cc1c(-c2ccc(C)cc2)c2ccccc2n1C(C)C. The van der Waals surface area contributed by atoms with Gasteiger partial charge >= 0.3 is 0 Å². The lowest BCUT2D eigenvalue weighted by atomic mass is 10.0. The zero-order valence-corrected chi connectivity index (χ0v) is 12.9. The Balaban J connectivity index is 2.41. The molecule has 1 aromatic heterocycles. The number of rotatable bonds is 3. The summed E-state index contributed by atoms with van der Waals surface area (Å²) in [5.74, 6) is 0. The number of hydrogen-bond acceptors (Lipinski definition) is 0. The van der Waals surface area contributed by atoms with Gasteiger partial charge in [-0.25, -0.2) is 0 Å². The highest BCUT2D eigenvalue weighted by atomic mass is 15.0. The van der Waals surface area contributed by atoms with Gasteiger partial charge < -0.3 is 4.57 Å². The van der Waals surface area contributed by atoms with Crippen LogP contribution in [0.3, 0.4) is 0 Å². The second-order valence-electron chi connectivity index (χ2n) is 5.81. The molecule has 0 aliphatic carbocycles. The molecule has 0 spiro atoms. The van der Waals surface area contributed by atoms with E-state index in [1.54, 1.807) is 0 Å². The van der Waals surface area contributed by atoms with Gasteiger partial charge in [0.1, 0.15) is 0 Å². The molecule has 0 saturated heterocycles. The minimum absolute atomic E-state index is 0.405. The van der Waals surface area contributed by atoms with Gasteiger partial charge in [0.05, 0.1) is 0 Å². The predicted molar refractivity (Wildman–Crippen MR) is 92.6 cm³/mol. The maximum absolute atomic E-state index is 4.05. The summed E-state index contributed by atoms with van der Waals surface area (Å²) in [7, 11) is 0. The van der Waals surface area contributed by atoms with Crippen LogP contribution in [-0.4, -0.2) is 4.57 Å². The van der Waals surface area contributed by atoms with Gasteiger partial charge in [-0.15, -0.1) is 0 Å². The summed E-state index contributed by atoms with van der Waals surface area (Å²) in [5.41, 5.74) is 6.31. The van der Waals surface area contributed by atoms with Crippen molar-refractivity contribution in [3.05, 3.63) is 66.4 Å². The Morgan fingerprint density at radius 2 is 1.67 bits per heavy atom. The van der Waals surface area contributed by atoms with Crippen LogP contribution >= 0.6 is 0 Å². The third kappa shape index (κ3) is 2.19. The lowest BCUT2D eigenvalue weighted by Gasteiger charge is -2.13. The minimum Gasteiger partial charge on any atom is -0.338 e. The molecule has 21 heavy (non-hydrogen) atoms. The maximum Gasteiger partial charge on any atom is 0.0494 e. The number of para-hydroxylation sites is 1. The molecule has 0 unspecified atom stereocenters. The zero-order chi connectivity index (χ0) is 15.0. The monoisotopic (exact) mass is 275 g/mol. The van der Waals surface area contributed by atoms with Crippen LogP contribution in [0.4, 0.5) is 0 Å². The topological polar surface area (TPSA) is 4.93 Å². The lowest BCUT2D eigenvalue weighted by molar-refractivity contribution is 0.619. The van der Waals surface area contributed by atoms with E-state index >= 15 is 0 Å². The average Bonchev–Trinajstić information content (AvgIpc) is 2.82. The molecule has 0 atom stereocenters. The number of nitrogens with zero attached hydrogens (tertiary/aromatic N) is 1. The number of fused-ring (bicyclic) bond motifs is 1. The zero-order valence-electron chi connectivity index (χ0n) is 12.9. The Morgan fingerprint density at radius 1 is 1.00 bits per heavy atom. The van der Waals surface area contributed by atoms with E-state index < -0.39 is 0 Å². The van der Waals surface area contributed by atoms with Crippen molar-refractivity contribution in [2.45, 2.75) is 26.8 Å². The van der Waals surface area contributed by atoms with Gasteiger partial charge in [-0.1, -0.05) is 54.6 Å². The van der Waals surface area contributed by atoms with E-state index in [9.17, 15) is 0 Å². The molecular weight excluding hydrogens is 254 g/mol. The molecule has 0 saturated carbocycles. The van der Waals surface area contributed by atoms with E-state index in [0.717, 1.165) is 0 Å². The first-order chi connectivity index (χ1) is 10.1. The first-order valence-electron chi connectivity index (χ1n) is 7.46. The average molecular weight is 275 g/mol. The van der Waals surface area contributed by atoms with Crippen molar-refractivity contribution in [3.63, 3.8) is 0 Å². The van der Waals surface area contributed by atoms with Crippen molar-refractivity contribution in [1.82, 2.24) is 4.57 Å². The van der Waals surface area contributed by atoms with Crippen LogP contribution in [0.2, 0.25) is 0 Å². The van der Waals surface area contributed by atoms with Gasteiger partial charge in [-0.2, -0.15) is 0 Å². The molecule has 0 radical (unpaired) electrons. The van der Waals surface area contributed by atoms with E-state index in [2.05, 4.69) is 80.4 Å². The van der Waals surface area contributed by atoms with Crippen molar-refractivity contribution >= 4 is 17.0 Å². The highest BCUT2D eigenvalue weighted by molar-refractivity contribution is 6.00. The first kappa shape index (κ1) is 13.7. The number of hydrogen-bond donors (Lipinski definition) is 0. The third-order valence-electron chi connectivity index (χ3n) is 4.00. The predicted octanol–water partition coefficient (Wildman–Crippen LogP) is 5.84. The molecule has 1 heteroatoms. The van der Waals surface area contributed by atoms with E-state index in [1.807, 2.05) is 6.08 Å². The Hall–Kier alpha value is -2.28. The Kier molecular flexibility index (Phi) is 3.42. The summed E-state index contributed by atoms with van der Waals surface area (Å²) in [6.45, 7) is 10.6. The Morgan fingerprint density at radius 3 is 2.29 bits per heavy atom. The van der Waals surface area contributed by atoms with Gasteiger partial charge in [0.15, 0.2) is 0 Å². The van der Waals surface area contributed by atoms with E-state index in [0.29, 0.717) is 6.04 Å². The lowest BCUT2D eigenvalue weighted by Crippen LogP contribution is -2.02. The summed E-state index contributed by atoms with van der Waals surface area (Å²) in [6.07, 6.45) is 1.98. The third-order valence-corrected chi connectivity index (χ3v) is 4.00. The van der Waals surface area contributed by atoms with Crippen LogP contribution in [0.25, 0.3) is 28.1 Å². The van der Waals surface area contributed by atoms with Gasteiger partial charge in [-0.05, 0) is 38.5 Å².